The third-order valence-corrected chi connectivity index (χ3v) is 16.2. The number of methoxy groups -OCH3 is 1. The second kappa shape index (κ2) is 14.8. The summed E-state index contributed by atoms with van der Waals surface area (Å²) in [4.78, 5) is 71.2. The van der Waals surface area contributed by atoms with Crippen LogP contribution in [-0.4, -0.2) is 101 Å². The minimum absolute atomic E-state index is 0.0886. The van der Waals surface area contributed by atoms with Crippen molar-refractivity contribution in [3.63, 3.8) is 0 Å². The molecule has 1 aromatic carbocycles. The molecule has 4 saturated carbocycles. The summed E-state index contributed by atoms with van der Waals surface area (Å²) in [6.07, 6.45) is 5.67. The highest BCUT2D eigenvalue weighted by molar-refractivity contribution is 6.01. The molecule has 4 heterocycles. The van der Waals surface area contributed by atoms with Crippen LogP contribution in [0.5, 0.6) is 5.75 Å². The van der Waals surface area contributed by atoms with Crippen LogP contribution in [0.4, 0.5) is 14.5 Å². The third kappa shape index (κ3) is 6.27. The number of carbonyl (C=O) groups excluding carboxylic acids is 3. The number of ether oxygens (including phenoxy) is 4. The number of piperazine rings is 1. The lowest BCUT2D eigenvalue weighted by Crippen LogP contribution is -2.70. The molecule has 17 heteroatoms. The van der Waals surface area contributed by atoms with Gasteiger partial charge in [0.05, 0.1) is 36.8 Å². The van der Waals surface area contributed by atoms with Crippen LogP contribution >= 0.6 is 0 Å². The fraction of sp³-hybridized carbons (Fsp3) is 0.604. The molecule has 10 rings (SSSR count). The minimum atomic E-state index is -2.15. The molecule has 9 atom stereocenters. The number of hydrogen-bond donors (Lipinski definition) is 1. The maximum atomic E-state index is 17.9. The van der Waals surface area contributed by atoms with Crippen LogP contribution in [0.25, 0.3) is 10.9 Å². The monoisotopic (exact) mass is 903 g/mol. The summed E-state index contributed by atoms with van der Waals surface area (Å²) in [6.45, 7) is 11.3. The number of nitrogens with zero attached hydrogens (tertiary/aromatic N) is 3. The average Bonchev–Trinajstić information content (AvgIpc) is 3.93. The van der Waals surface area contributed by atoms with Gasteiger partial charge in [0, 0.05) is 54.7 Å². The average molecular weight is 904 g/mol. The molecule has 0 bridgehead atoms. The number of esters is 1. The van der Waals surface area contributed by atoms with Crippen LogP contribution in [-0.2, 0) is 30.3 Å². The first-order valence-electron chi connectivity index (χ1n) is 22.6. The Morgan fingerprint density at radius 2 is 1.80 bits per heavy atom. The van der Waals surface area contributed by atoms with E-state index in [1.54, 1.807) is 38.3 Å². The Balaban J connectivity index is 0.933. The zero-order valence-electron chi connectivity index (χ0n) is 37.7. The number of hydrogen-bond acceptors (Lipinski definition) is 14. The van der Waals surface area contributed by atoms with Crippen molar-refractivity contribution in [1.29, 1.82) is 0 Å². The van der Waals surface area contributed by atoms with Gasteiger partial charge in [-0.2, -0.15) is 0 Å². The number of alkyl halides is 1. The lowest BCUT2D eigenvalue weighted by Gasteiger charge is -2.62. The van der Waals surface area contributed by atoms with E-state index in [2.05, 4.69) is 4.90 Å². The van der Waals surface area contributed by atoms with Gasteiger partial charge in [-0.1, -0.05) is 18.6 Å². The van der Waals surface area contributed by atoms with E-state index in [0.717, 1.165) is 18.9 Å². The maximum Gasteiger partial charge on any atom is 0.519 e. The molecule has 15 nitrogen and oxygen atoms in total. The van der Waals surface area contributed by atoms with Gasteiger partial charge in [-0.15, -0.1) is 0 Å². The normalized spacial score (nSPS) is 35.0. The Morgan fingerprint density at radius 3 is 2.48 bits per heavy atom. The molecular weight excluding hydrogens is 849 g/mol. The predicted octanol–water partition coefficient (Wildman–Crippen LogP) is 5.65. The Kier molecular flexibility index (Phi) is 9.97. The van der Waals surface area contributed by atoms with Crippen LogP contribution in [0.3, 0.4) is 0 Å². The van der Waals surface area contributed by atoms with Crippen molar-refractivity contribution in [2.75, 3.05) is 38.3 Å². The van der Waals surface area contributed by atoms with Gasteiger partial charge in [-0.05, 0) is 97.3 Å². The van der Waals surface area contributed by atoms with E-state index >= 15 is 8.78 Å². The number of rotatable bonds is 9. The number of aliphatic hydroxyl groups excluding tert-OH is 1. The van der Waals surface area contributed by atoms with Gasteiger partial charge in [-0.25, -0.2) is 18.4 Å². The summed E-state index contributed by atoms with van der Waals surface area (Å²) < 4.78 is 71.1. The maximum absolute atomic E-state index is 17.9. The summed E-state index contributed by atoms with van der Waals surface area (Å²) in [5.74, 6) is -4.96. The highest BCUT2D eigenvalue weighted by atomic mass is 19.1. The minimum Gasteiger partial charge on any atom is -0.492 e. The van der Waals surface area contributed by atoms with Crippen molar-refractivity contribution in [2.45, 2.75) is 128 Å². The number of aliphatic hydroxyl groups is 1. The predicted molar refractivity (Wildman–Crippen MR) is 229 cm³/mol. The molecule has 0 amide bonds. The van der Waals surface area contributed by atoms with Crippen molar-refractivity contribution >= 4 is 34.1 Å². The number of halogens is 2. The second-order valence-electron chi connectivity index (χ2n) is 20.2. The fourth-order valence-corrected chi connectivity index (χ4v) is 13.0. The molecule has 6 fully saturated rings. The van der Waals surface area contributed by atoms with Crippen molar-refractivity contribution in [3.05, 3.63) is 79.8 Å². The molecular formula is C48H55F2N3O12. The van der Waals surface area contributed by atoms with Gasteiger partial charge in [0.2, 0.25) is 11.2 Å². The molecule has 1 unspecified atom stereocenters. The molecule has 5 aliphatic carbocycles. The van der Waals surface area contributed by atoms with E-state index < -0.39 is 92.9 Å². The standard InChI is InChI=1S/C48H55F2N3O12/c1-24-20-52(15-14-51(24)22-34-25(2)62-43(59)63-34)39-33(49)17-29-38(41(39)60-7)53(27-9-10-27)21-30(40(29)57)42(58)61-23-36(56)48-37(64-44(3,4)65-48)18-32-31-11-8-26-16-28(54)12-13-45(26,5)47(31,50)35(55)19-46(32,48)6/h12-13,16-17,21,24,27,31-32,35,37,55H,8-11,14-15,18-20,22-23H2,1-7H3/t24?,31-,32-,35-,37+,45-,46-,47-,48+/m1/s1. The SMILES string of the molecule is COc1c(N2CCN(Cc3oc(=O)oc3C)C(C)C2)c(F)cc2c(=O)c(C(=O)OCC(=O)[C@]34OC(C)(C)O[C@H]3C[C@@H]3[C@H]5CCC6=CC(=O)C=C[C@@]6(C)[C@]5(F)[C@H](O)C[C@]34C)cn(C3CC3)c12. The Morgan fingerprint density at radius 1 is 1.05 bits per heavy atom. The first-order chi connectivity index (χ1) is 30.7. The number of anilines is 1. The van der Waals surface area contributed by atoms with E-state index in [9.17, 15) is 29.1 Å². The summed E-state index contributed by atoms with van der Waals surface area (Å²) in [5.41, 5.74) is -6.37. The van der Waals surface area contributed by atoms with Gasteiger partial charge in [0.15, 0.2) is 46.8 Å². The quantitative estimate of drug-likeness (QED) is 0.261. The Bertz CT molecular complexity index is 2730. The van der Waals surface area contributed by atoms with Crippen LogP contribution in [0.1, 0.15) is 101 Å². The first kappa shape index (κ1) is 43.9. The molecule has 0 radical (unpaired) electrons. The lowest BCUT2D eigenvalue weighted by atomic mass is 9.44. The highest BCUT2D eigenvalue weighted by Crippen LogP contribution is 2.72. The summed E-state index contributed by atoms with van der Waals surface area (Å²) in [7, 11) is 1.41. The number of carbonyl (C=O) groups is 3. The number of benzene rings is 1. The number of aryl methyl sites for hydroxylation is 1. The van der Waals surface area contributed by atoms with Crippen LogP contribution < -0.4 is 20.9 Å². The Labute approximate surface area is 373 Å². The van der Waals surface area contributed by atoms with Crippen molar-refractivity contribution in [1.82, 2.24) is 9.47 Å². The van der Waals surface area contributed by atoms with Gasteiger partial charge < -0.3 is 42.4 Å². The van der Waals surface area contributed by atoms with Crippen molar-refractivity contribution in [3.8, 4) is 5.75 Å². The molecule has 2 aromatic heterocycles. The van der Waals surface area contributed by atoms with E-state index in [1.807, 2.05) is 18.7 Å². The Hall–Kier alpha value is -4.97. The second-order valence-corrected chi connectivity index (χ2v) is 20.2. The van der Waals surface area contributed by atoms with Crippen LogP contribution in [0.15, 0.2) is 54.5 Å². The molecule has 65 heavy (non-hydrogen) atoms. The lowest BCUT2D eigenvalue weighted by molar-refractivity contribution is -0.246. The summed E-state index contributed by atoms with van der Waals surface area (Å²) >= 11 is 0. The first-order valence-corrected chi connectivity index (χ1v) is 22.6. The highest BCUT2D eigenvalue weighted by Gasteiger charge is 2.80. The van der Waals surface area contributed by atoms with Gasteiger partial charge in [-0.3, -0.25) is 19.3 Å². The molecule has 2 saturated heterocycles. The zero-order chi connectivity index (χ0) is 46.3. The molecule has 348 valence electrons. The number of allylic oxidation sites excluding steroid dienone is 4. The van der Waals surface area contributed by atoms with Crippen molar-refractivity contribution in [2.24, 2.45) is 22.7 Å². The molecule has 1 N–H and O–H groups in total. The molecule has 0 spiro atoms. The number of aromatic nitrogens is 1. The van der Waals surface area contributed by atoms with Gasteiger partial charge in [0.25, 0.3) is 0 Å². The smallest absolute Gasteiger partial charge is 0.492 e. The topological polar surface area (TPSA) is 180 Å². The fourth-order valence-electron chi connectivity index (χ4n) is 13.0. The van der Waals surface area contributed by atoms with Gasteiger partial charge in [0.1, 0.15) is 17.0 Å². The van der Waals surface area contributed by atoms with E-state index in [0.29, 0.717) is 61.6 Å². The zero-order valence-corrected chi connectivity index (χ0v) is 37.7. The molecule has 3 aromatic rings. The van der Waals surface area contributed by atoms with Crippen LogP contribution in [0.2, 0.25) is 0 Å². The van der Waals surface area contributed by atoms with E-state index in [4.69, 9.17) is 27.8 Å². The van der Waals surface area contributed by atoms with E-state index in [-0.39, 0.29) is 47.5 Å². The van der Waals surface area contributed by atoms with Crippen molar-refractivity contribution < 1.29 is 56.1 Å². The summed E-state index contributed by atoms with van der Waals surface area (Å²) in [5, 5.41) is 11.9. The molecule has 2 aliphatic heterocycles. The largest absolute Gasteiger partial charge is 0.519 e. The molecule has 7 aliphatic rings. The van der Waals surface area contributed by atoms with E-state index in [1.165, 1.54) is 25.5 Å². The van der Waals surface area contributed by atoms with Gasteiger partial charge >= 0.3 is 11.8 Å². The number of ketones is 2. The number of fused-ring (bicyclic) bond motifs is 8. The number of pyridine rings is 1. The number of Topliss-reactive ketones (excluding diaryl/α,β-unsaturated/α-hetero) is 1. The third-order valence-electron chi connectivity index (χ3n) is 16.2. The van der Waals surface area contributed by atoms with Crippen LogP contribution in [0, 0.1) is 35.4 Å². The summed E-state index contributed by atoms with van der Waals surface area (Å²) in [6, 6.07) is 0.885.